The minimum absolute atomic E-state index is 0.0608. The zero-order chi connectivity index (χ0) is 11.6. The van der Waals surface area contributed by atoms with Crippen molar-refractivity contribution in [1.29, 1.82) is 0 Å². The Morgan fingerprint density at radius 1 is 1.40 bits per heavy atom. The molecule has 0 aliphatic carbocycles. The molecule has 15 heavy (non-hydrogen) atoms. The van der Waals surface area contributed by atoms with Gasteiger partial charge in [0.25, 0.3) is 0 Å². The standard InChI is InChI=1S/C10H11NO4/c1-5(12)8-7(15-2)4-3-6(9(8)11)10(13)14/h3-4H,11H2,1-2H3,(H,13,14). The summed E-state index contributed by atoms with van der Waals surface area (Å²) in [7, 11) is 1.39. The van der Waals surface area contributed by atoms with E-state index in [9.17, 15) is 9.59 Å². The van der Waals surface area contributed by atoms with Crippen molar-refractivity contribution in [2.75, 3.05) is 12.8 Å². The number of methoxy groups -OCH3 is 1. The lowest BCUT2D eigenvalue weighted by Gasteiger charge is -2.10. The monoisotopic (exact) mass is 209 g/mol. The van der Waals surface area contributed by atoms with Crippen LogP contribution >= 0.6 is 0 Å². The van der Waals surface area contributed by atoms with Crippen molar-refractivity contribution in [2.45, 2.75) is 6.92 Å². The Morgan fingerprint density at radius 3 is 2.40 bits per heavy atom. The average Bonchev–Trinajstić information content (AvgIpc) is 2.15. The van der Waals surface area contributed by atoms with E-state index in [2.05, 4.69) is 0 Å². The molecule has 0 aromatic heterocycles. The SMILES string of the molecule is COc1ccc(C(=O)O)c(N)c1C(C)=O. The lowest BCUT2D eigenvalue weighted by molar-refractivity contribution is 0.0698. The Labute approximate surface area is 86.5 Å². The lowest BCUT2D eigenvalue weighted by atomic mass is 10.0. The van der Waals surface area contributed by atoms with E-state index in [0.717, 1.165) is 0 Å². The third-order valence-electron chi connectivity index (χ3n) is 2.01. The first-order valence-corrected chi connectivity index (χ1v) is 4.19. The van der Waals surface area contributed by atoms with Crippen molar-refractivity contribution in [3.05, 3.63) is 23.3 Å². The van der Waals surface area contributed by atoms with Gasteiger partial charge in [0.1, 0.15) is 5.75 Å². The Morgan fingerprint density at radius 2 is 2.00 bits per heavy atom. The summed E-state index contributed by atoms with van der Waals surface area (Å²) in [5, 5.41) is 8.80. The summed E-state index contributed by atoms with van der Waals surface area (Å²) in [5.41, 5.74) is 5.53. The molecule has 0 amide bonds. The summed E-state index contributed by atoms with van der Waals surface area (Å²) in [6, 6.07) is 2.72. The number of hydrogen-bond acceptors (Lipinski definition) is 4. The van der Waals surface area contributed by atoms with Gasteiger partial charge in [-0.15, -0.1) is 0 Å². The smallest absolute Gasteiger partial charge is 0.337 e. The predicted molar refractivity (Wildman–Crippen MR) is 54.4 cm³/mol. The van der Waals surface area contributed by atoms with E-state index in [1.807, 2.05) is 0 Å². The number of carbonyl (C=O) groups excluding carboxylic acids is 1. The van der Waals surface area contributed by atoms with Gasteiger partial charge in [-0.05, 0) is 19.1 Å². The van der Waals surface area contributed by atoms with Crippen LogP contribution in [0.4, 0.5) is 5.69 Å². The molecule has 0 saturated heterocycles. The number of aromatic carboxylic acids is 1. The van der Waals surface area contributed by atoms with Crippen molar-refractivity contribution in [1.82, 2.24) is 0 Å². The van der Waals surface area contributed by atoms with Gasteiger partial charge in [-0.2, -0.15) is 0 Å². The van der Waals surface area contributed by atoms with E-state index < -0.39 is 5.97 Å². The molecule has 0 heterocycles. The van der Waals surface area contributed by atoms with Gasteiger partial charge in [0, 0.05) is 0 Å². The molecule has 80 valence electrons. The van der Waals surface area contributed by atoms with Crippen LogP contribution in [0.5, 0.6) is 5.75 Å². The number of anilines is 1. The molecule has 0 bridgehead atoms. The van der Waals surface area contributed by atoms with Crippen LogP contribution in [0.2, 0.25) is 0 Å². The minimum atomic E-state index is -1.17. The Kier molecular flexibility index (Phi) is 2.94. The molecule has 1 aromatic rings. The highest BCUT2D eigenvalue weighted by Gasteiger charge is 2.18. The van der Waals surface area contributed by atoms with E-state index >= 15 is 0 Å². The first-order chi connectivity index (χ1) is 6.99. The van der Waals surface area contributed by atoms with Crippen molar-refractivity contribution in [3.8, 4) is 5.75 Å². The Bertz CT molecular complexity index is 426. The van der Waals surface area contributed by atoms with Crippen LogP contribution < -0.4 is 10.5 Å². The van der Waals surface area contributed by atoms with Crippen LogP contribution in [-0.4, -0.2) is 24.0 Å². The van der Waals surface area contributed by atoms with Crippen molar-refractivity contribution in [2.24, 2.45) is 0 Å². The molecular formula is C10H11NO4. The molecule has 0 spiro atoms. The van der Waals surface area contributed by atoms with Gasteiger partial charge < -0.3 is 15.6 Å². The highest BCUT2D eigenvalue weighted by atomic mass is 16.5. The second-order valence-corrected chi connectivity index (χ2v) is 2.97. The number of carboxylic acid groups (broad SMARTS) is 1. The number of carboxylic acids is 1. The number of hydrogen-bond donors (Lipinski definition) is 2. The fraction of sp³-hybridized carbons (Fsp3) is 0.200. The summed E-state index contributed by atoms with van der Waals surface area (Å²) < 4.78 is 4.93. The van der Waals surface area contributed by atoms with Crippen molar-refractivity contribution >= 4 is 17.4 Å². The van der Waals surface area contributed by atoms with Gasteiger partial charge in [-0.1, -0.05) is 0 Å². The fourth-order valence-corrected chi connectivity index (χ4v) is 1.32. The summed E-state index contributed by atoms with van der Waals surface area (Å²) in [6.07, 6.45) is 0. The molecule has 1 rings (SSSR count). The third-order valence-corrected chi connectivity index (χ3v) is 2.01. The first-order valence-electron chi connectivity index (χ1n) is 4.19. The molecule has 5 nitrogen and oxygen atoms in total. The third kappa shape index (κ3) is 1.90. The molecule has 0 unspecified atom stereocenters. The zero-order valence-corrected chi connectivity index (χ0v) is 8.40. The fourth-order valence-electron chi connectivity index (χ4n) is 1.32. The topological polar surface area (TPSA) is 89.6 Å². The van der Waals surface area contributed by atoms with E-state index in [1.165, 1.54) is 26.2 Å². The minimum Gasteiger partial charge on any atom is -0.496 e. The van der Waals surface area contributed by atoms with Crippen LogP contribution in [0.3, 0.4) is 0 Å². The maximum absolute atomic E-state index is 11.3. The zero-order valence-electron chi connectivity index (χ0n) is 8.40. The number of benzene rings is 1. The van der Waals surface area contributed by atoms with E-state index in [1.54, 1.807) is 0 Å². The molecule has 0 aliphatic rings. The van der Waals surface area contributed by atoms with Gasteiger partial charge >= 0.3 is 5.97 Å². The van der Waals surface area contributed by atoms with Gasteiger partial charge in [0.15, 0.2) is 5.78 Å². The highest BCUT2D eigenvalue weighted by molar-refractivity contribution is 6.07. The molecule has 0 aliphatic heterocycles. The number of Topliss-reactive ketones (excluding diaryl/α,β-unsaturated/α-hetero) is 1. The number of nitrogen functional groups attached to an aromatic ring is 1. The molecule has 0 atom stereocenters. The number of ketones is 1. The summed E-state index contributed by atoms with van der Waals surface area (Å²) in [4.78, 5) is 22.0. The molecule has 0 saturated carbocycles. The van der Waals surface area contributed by atoms with E-state index in [0.29, 0.717) is 0 Å². The lowest BCUT2D eigenvalue weighted by Crippen LogP contribution is -2.09. The average molecular weight is 209 g/mol. The Balaban J connectivity index is 3.49. The molecule has 5 heteroatoms. The largest absolute Gasteiger partial charge is 0.496 e. The molecule has 0 radical (unpaired) electrons. The molecular weight excluding hydrogens is 198 g/mol. The van der Waals surface area contributed by atoms with Gasteiger partial charge in [0.05, 0.1) is 23.9 Å². The van der Waals surface area contributed by atoms with Gasteiger partial charge in [0.2, 0.25) is 0 Å². The number of nitrogens with two attached hydrogens (primary N) is 1. The van der Waals surface area contributed by atoms with Crippen molar-refractivity contribution in [3.63, 3.8) is 0 Å². The quantitative estimate of drug-likeness (QED) is 0.576. The van der Waals surface area contributed by atoms with Crippen LogP contribution in [0, 0.1) is 0 Å². The summed E-state index contributed by atoms with van der Waals surface area (Å²) in [6.45, 7) is 1.31. The van der Waals surface area contributed by atoms with Crippen LogP contribution in [0.1, 0.15) is 27.6 Å². The molecule has 3 N–H and O–H groups in total. The van der Waals surface area contributed by atoms with Crippen LogP contribution in [0.15, 0.2) is 12.1 Å². The highest BCUT2D eigenvalue weighted by Crippen LogP contribution is 2.28. The summed E-state index contributed by atoms with van der Waals surface area (Å²) in [5.74, 6) is -1.21. The van der Waals surface area contributed by atoms with Gasteiger partial charge in [-0.3, -0.25) is 4.79 Å². The second kappa shape index (κ2) is 4.00. The molecule has 1 aromatic carbocycles. The molecule has 0 fully saturated rings. The maximum Gasteiger partial charge on any atom is 0.337 e. The predicted octanol–water partition coefficient (Wildman–Crippen LogP) is 1.18. The van der Waals surface area contributed by atoms with Crippen LogP contribution in [-0.2, 0) is 0 Å². The first kappa shape index (κ1) is 11.0. The number of rotatable bonds is 3. The summed E-state index contributed by atoms with van der Waals surface area (Å²) >= 11 is 0. The second-order valence-electron chi connectivity index (χ2n) is 2.97. The van der Waals surface area contributed by atoms with Crippen molar-refractivity contribution < 1.29 is 19.4 Å². The van der Waals surface area contributed by atoms with E-state index in [-0.39, 0.29) is 28.3 Å². The normalized spacial score (nSPS) is 9.73. The number of carbonyl (C=O) groups is 2. The number of ether oxygens (including phenoxy) is 1. The van der Waals surface area contributed by atoms with E-state index in [4.69, 9.17) is 15.6 Å². The maximum atomic E-state index is 11.3. The van der Waals surface area contributed by atoms with Crippen LogP contribution in [0.25, 0.3) is 0 Å². The Hall–Kier alpha value is -2.04. The van der Waals surface area contributed by atoms with Gasteiger partial charge in [-0.25, -0.2) is 4.79 Å².